The maximum Gasteiger partial charge on any atom is 0.0638 e. The van der Waals surface area contributed by atoms with E-state index in [4.69, 9.17) is 4.99 Å². The van der Waals surface area contributed by atoms with Crippen LogP contribution < -0.4 is 0 Å². The fraction of sp³-hybridized carbons (Fsp3) is 0.476. The zero-order valence-electron chi connectivity index (χ0n) is 13.9. The molecule has 0 amide bonds. The summed E-state index contributed by atoms with van der Waals surface area (Å²) in [7, 11) is 0. The van der Waals surface area contributed by atoms with Gasteiger partial charge in [-0.25, -0.2) is 0 Å². The van der Waals surface area contributed by atoms with Crippen LogP contribution in [-0.2, 0) is 6.54 Å². The number of hydrogen-bond donors (Lipinski definition) is 0. The van der Waals surface area contributed by atoms with E-state index in [0.717, 1.165) is 13.1 Å². The lowest BCUT2D eigenvalue weighted by Gasteiger charge is -2.17. The highest BCUT2D eigenvalue weighted by molar-refractivity contribution is 5.85. The van der Waals surface area contributed by atoms with Crippen LogP contribution >= 0.6 is 0 Å². The molecule has 0 aromatic heterocycles. The van der Waals surface area contributed by atoms with Crippen molar-refractivity contribution in [3.63, 3.8) is 0 Å². The molecule has 4 rings (SSSR count). The fourth-order valence-corrected chi connectivity index (χ4v) is 4.00. The second-order valence-corrected chi connectivity index (χ2v) is 7.12. The van der Waals surface area contributed by atoms with E-state index in [1.54, 1.807) is 0 Å². The first-order valence-electron chi connectivity index (χ1n) is 9.12. The van der Waals surface area contributed by atoms with Crippen molar-refractivity contribution in [1.29, 1.82) is 0 Å². The van der Waals surface area contributed by atoms with Gasteiger partial charge in [0, 0.05) is 25.3 Å². The van der Waals surface area contributed by atoms with E-state index in [2.05, 4.69) is 47.4 Å². The van der Waals surface area contributed by atoms with Crippen molar-refractivity contribution in [3.8, 4) is 0 Å². The Hall–Kier alpha value is -1.67. The van der Waals surface area contributed by atoms with Crippen LogP contribution in [0.4, 0.5) is 0 Å². The lowest BCUT2D eigenvalue weighted by molar-refractivity contribution is 0.327. The summed E-state index contributed by atoms with van der Waals surface area (Å²) >= 11 is 0. The summed E-state index contributed by atoms with van der Waals surface area (Å²) in [5.74, 6) is 0. The first-order valence-corrected chi connectivity index (χ1v) is 9.12. The third kappa shape index (κ3) is 3.64. The van der Waals surface area contributed by atoms with Gasteiger partial charge in [-0.05, 0) is 54.5 Å². The van der Waals surface area contributed by atoms with Crippen LogP contribution in [0.3, 0.4) is 0 Å². The summed E-state index contributed by atoms with van der Waals surface area (Å²) < 4.78 is 0. The molecule has 120 valence electrons. The number of fused-ring (bicyclic) bond motifs is 1. The van der Waals surface area contributed by atoms with E-state index in [1.807, 2.05) is 0 Å². The zero-order valence-corrected chi connectivity index (χ0v) is 13.9. The number of nitrogens with zero attached hydrogens (tertiary/aromatic N) is 2. The molecule has 23 heavy (non-hydrogen) atoms. The van der Waals surface area contributed by atoms with Gasteiger partial charge >= 0.3 is 0 Å². The average molecular weight is 306 g/mol. The van der Waals surface area contributed by atoms with Gasteiger partial charge in [-0.3, -0.25) is 9.89 Å². The van der Waals surface area contributed by atoms with Gasteiger partial charge in [0.1, 0.15) is 0 Å². The van der Waals surface area contributed by atoms with Gasteiger partial charge < -0.3 is 0 Å². The molecule has 0 unspecified atom stereocenters. The Bertz CT molecular complexity index is 696. The molecule has 1 aliphatic carbocycles. The van der Waals surface area contributed by atoms with Gasteiger partial charge in [0.05, 0.1) is 6.04 Å². The maximum absolute atomic E-state index is 5.05. The number of benzene rings is 2. The van der Waals surface area contributed by atoms with Crippen LogP contribution in [0.1, 0.15) is 44.1 Å². The standard InChI is InChI=1S/C21H26N2/c1-2-8-20(9-3-1)22-21-12-13-23(16-21)15-17-10-11-18-6-4-5-7-19(18)14-17/h4-7,10-11,14,21H,1-3,8-9,12-13,15-16H2/t21-/m0/s1. The zero-order chi connectivity index (χ0) is 15.5. The van der Waals surface area contributed by atoms with Crippen LogP contribution in [0.25, 0.3) is 10.8 Å². The molecule has 0 radical (unpaired) electrons. The van der Waals surface area contributed by atoms with E-state index in [-0.39, 0.29) is 0 Å². The van der Waals surface area contributed by atoms with Gasteiger partial charge in [-0.1, -0.05) is 42.8 Å². The van der Waals surface area contributed by atoms with Gasteiger partial charge in [0.25, 0.3) is 0 Å². The predicted octanol–water partition coefficient (Wildman–Crippen LogP) is 4.82. The minimum Gasteiger partial charge on any atom is -0.297 e. The summed E-state index contributed by atoms with van der Waals surface area (Å²) in [6.07, 6.45) is 7.84. The first kappa shape index (κ1) is 14.9. The van der Waals surface area contributed by atoms with Crippen molar-refractivity contribution >= 4 is 16.5 Å². The largest absolute Gasteiger partial charge is 0.297 e. The molecule has 2 aromatic rings. The Kier molecular flexibility index (Phi) is 4.43. The molecular weight excluding hydrogens is 280 g/mol. The van der Waals surface area contributed by atoms with Gasteiger partial charge in [-0.15, -0.1) is 0 Å². The Morgan fingerprint density at radius 3 is 2.65 bits per heavy atom. The number of aliphatic imine (C=N–C) groups is 1. The molecule has 1 aliphatic heterocycles. The van der Waals surface area contributed by atoms with Crippen molar-refractivity contribution in [2.75, 3.05) is 13.1 Å². The minimum atomic E-state index is 0.545. The molecule has 0 N–H and O–H groups in total. The highest BCUT2D eigenvalue weighted by atomic mass is 15.2. The van der Waals surface area contributed by atoms with Gasteiger partial charge in [0.15, 0.2) is 0 Å². The normalized spacial score (nSPS) is 22.6. The van der Waals surface area contributed by atoms with Crippen molar-refractivity contribution < 1.29 is 0 Å². The van der Waals surface area contributed by atoms with Crippen molar-refractivity contribution in [2.24, 2.45) is 4.99 Å². The van der Waals surface area contributed by atoms with E-state index in [9.17, 15) is 0 Å². The Morgan fingerprint density at radius 2 is 1.78 bits per heavy atom. The monoisotopic (exact) mass is 306 g/mol. The molecule has 0 bridgehead atoms. The van der Waals surface area contributed by atoms with Crippen LogP contribution in [0.5, 0.6) is 0 Å². The Morgan fingerprint density at radius 1 is 0.957 bits per heavy atom. The van der Waals surface area contributed by atoms with Crippen LogP contribution in [0, 0.1) is 0 Å². The van der Waals surface area contributed by atoms with Gasteiger partial charge in [0.2, 0.25) is 0 Å². The summed E-state index contributed by atoms with van der Waals surface area (Å²) in [6, 6.07) is 16.0. The average Bonchev–Trinajstić information content (AvgIpc) is 3.02. The molecule has 1 saturated heterocycles. The SMILES string of the molecule is c1ccc2cc(CN3CC[C@H](N=C4CCCCC4)C3)ccc2c1. The van der Waals surface area contributed by atoms with Crippen molar-refractivity contribution in [3.05, 3.63) is 48.0 Å². The summed E-state index contributed by atoms with van der Waals surface area (Å²) in [5.41, 5.74) is 2.92. The van der Waals surface area contributed by atoms with Crippen LogP contribution in [-0.4, -0.2) is 29.7 Å². The van der Waals surface area contributed by atoms with E-state index in [1.165, 1.54) is 67.1 Å². The maximum atomic E-state index is 5.05. The van der Waals surface area contributed by atoms with Crippen molar-refractivity contribution in [2.45, 2.75) is 51.1 Å². The number of rotatable bonds is 3. The molecule has 2 aromatic carbocycles. The molecule has 1 atom stereocenters. The van der Waals surface area contributed by atoms with E-state index >= 15 is 0 Å². The quantitative estimate of drug-likeness (QED) is 0.794. The first-order chi connectivity index (χ1) is 11.4. The topological polar surface area (TPSA) is 15.6 Å². The smallest absolute Gasteiger partial charge is 0.0638 e. The fourth-order valence-electron chi connectivity index (χ4n) is 4.00. The molecule has 0 spiro atoms. The molecule has 2 nitrogen and oxygen atoms in total. The number of likely N-dealkylation sites (tertiary alicyclic amines) is 1. The molecule has 2 heteroatoms. The second-order valence-electron chi connectivity index (χ2n) is 7.12. The highest BCUT2D eigenvalue weighted by Gasteiger charge is 2.22. The number of hydrogen-bond acceptors (Lipinski definition) is 2. The van der Waals surface area contributed by atoms with Crippen LogP contribution in [0.2, 0.25) is 0 Å². The summed E-state index contributed by atoms with van der Waals surface area (Å²) in [5, 5.41) is 2.68. The van der Waals surface area contributed by atoms with Crippen LogP contribution in [0.15, 0.2) is 47.5 Å². The predicted molar refractivity (Wildman–Crippen MR) is 98.2 cm³/mol. The van der Waals surface area contributed by atoms with E-state index in [0.29, 0.717) is 6.04 Å². The van der Waals surface area contributed by atoms with Crippen molar-refractivity contribution in [1.82, 2.24) is 4.90 Å². The van der Waals surface area contributed by atoms with E-state index < -0.39 is 0 Å². The second kappa shape index (κ2) is 6.84. The molecule has 2 aliphatic rings. The lowest BCUT2D eigenvalue weighted by Crippen LogP contribution is -2.21. The Labute approximate surface area is 139 Å². The minimum absolute atomic E-state index is 0.545. The molecule has 2 fully saturated rings. The summed E-state index contributed by atoms with van der Waals surface area (Å²) in [4.78, 5) is 7.62. The molecule has 1 heterocycles. The third-order valence-electron chi connectivity index (χ3n) is 5.26. The molecular formula is C21H26N2. The molecule has 1 saturated carbocycles. The van der Waals surface area contributed by atoms with Gasteiger partial charge in [-0.2, -0.15) is 0 Å². The lowest BCUT2D eigenvalue weighted by atomic mass is 9.98. The third-order valence-corrected chi connectivity index (χ3v) is 5.26. The Balaban J connectivity index is 1.39. The highest BCUT2D eigenvalue weighted by Crippen LogP contribution is 2.22. The summed E-state index contributed by atoms with van der Waals surface area (Å²) in [6.45, 7) is 3.39.